The molecule has 148 valence electrons. The molecule has 7 nitrogen and oxygen atoms in total. The van der Waals surface area contributed by atoms with Crippen molar-refractivity contribution >= 4 is 23.3 Å². The molecular formula is C17H12F4N2O5. The number of non-ortho nitro benzene ring substituents is 1. The van der Waals surface area contributed by atoms with Crippen molar-refractivity contribution in [1.29, 1.82) is 0 Å². The van der Waals surface area contributed by atoms with E-state index in [2.05, 4.69) is 0 Å². The highest BCUT2D eigenvalue weighted by atomic mass is 19.4. The molecule has 11 heteroatoms. The molecule has 2 aromatic carbocycles. The SMILES string of the molecule is C[C@@H](OC(=O)c1cccc(F)c1)C(=O)Nc1ccc([N+](=O)[O-])cc1C(F)(F)F. The molecule has 0 saturated carbocycles. The summed E-state index contributed by atoms with van der Waals surface area (Å²) in [5, 5.41) is 12.6. The minimum absolute atomic E-state index is 0.189. The predicted octanol–water partition coefficient (Wildman–Crippen LogP) is 3.94. The van der Waals surface area contributed by atoms with Crippen LogP contribution in [0, 0.1) is 15.9 Å². The highest BCUT2D eigenvalue weighted by Crippen LogP contribution is 2.37. The van der Waals surface area contributed by atoms with Gasteiger partial charge in [0.15, 0.2) is 6.10 Å². The summed E-state index contributed by atoms with van der Waals surface area (Å²) in [6, 6.07) is 6.20. The van der Waals surface area contributed by atoms with Gasteiger partial charge in [-0.15, -0.1) is 0 Å². The molecule has 28 heavy (non-hydrogen) atoms. The van der Waals surface area contributed by atoms with Gasteiger partial charge in [-0.25, -0.2) is 9.18 Å². The Morgan fingerprint density at radius 3 is 2.43 bits per heavy atom. The Hall–Kier alpha value is -3.50. The first-order valence-electron chi connectivity index (χ1n) is 7.62. The van der Waals surface area contributed by atoms with Crippen molar-refractivity contribution in [3.63, 3.8) is 0 Å². The Kier molecular flexibility index (Phi) is 5.96. The quantitative estimate of drug-likeness (QED) is 0.355. The van der Waals surface area contributed by atoms with Gasteiger partial charge in [0.25, 0.3) is 11.6 Å². The fraction of sp³-hybridized carbons (Fsp3) is 0.176. The number of hydrogen-bond donors (Lipinski definition) is 1. The van der Waals surface area contributed by atoms with E-state index in [-0.39, 0.29) is 11.6 Å². The first-order valence-corrected chi connectivity index (χ1v) is 7.62. The zero-order valence-electron chi connectivity index (χ0n) is 14.1. The third-order valence-corrected chi connectivity index (χ3v) is 3.49. The topological polar surface area (TPSA) is 98.5 Å². The summed E-state index contributed by atoms with van der Waals surface area (Å²) in [5.41, 5.74) is -3.17. The number of halogens is 4. The molecule has 0 spiro atoms. The predicted molar refractivity (Wildman–Crippen MR) is 88.0 cm³/mol. The second-order valence-electron chi connectivity index (χ2n) is 5.53. The fourth-order valence-electron chi connectivity index (χ4n) is 2.12. The second kappa shape index (κ2) is 8.03. The molecule has 0 aromatic heterocycles. The van der Waals surface area contributed by atoms with Crippen LogP contribution < -0.4 is 5.32 Å². The molecule has 2 aromatic rings. The summed E-state index contributed by atoms with van der Waals surface area (Å²) in [6.45, 7) is 1.10. The van der Waals surface area contributed by atoms with E-state index in [0.717, 1.165) is 31.2 Å². The number of carbonyl (C=O) groups excluding carboxylic acids is 2. The van der Waals surface area contributed by atoms with Gasteiger partial charge in [0, 0.05) is 12.1 Å². The molecule has 0 aliphatic heterocycles. The number of hydrogen-bond acceptors (Lipinski definition) is 5. The van der Waals surface area contributed by atoms with E-state index in [1.807, 2.05) is 5.32 Å². The standard InChI is InChI=1S/C17H12F4N2O5/c1-9(28-16(25)10-3-2-4-11(18)7-10)15(24)22-14-6-5-12(23(26)27)8-13(14)17(19,20)21/h2-9H,1H3,(H,22,24)/t9-/m1/s1. The van der Waals surface area contributed by atoms with Crippen molar-refractivity contribution in [2.24, 2.45) is 0 Å². The van der Waals surface area contributed by atoms with E-state index in [0.29, 0.717) is 0 Å². The van der Waals surface area contributed by atoms with Crippen LogP contribution in [0.3, 0.4) is 0 Å². The van der Waals surface area contributed by atoms with Gasteiger partial charge in [0.1, 0.15) is 5.82 Å². The molecule has 1 N–H and O–H groups in total. The van der Waals surface area contributed by atoms with Crippen LogP contribution in [0.1, 0.15) is 22.8 Å². The number of nitrogens with zero attached hydrogens (tertiary/aromatic N) is 1. The minimum Gasteiger partial charge on any atom is -0.449 e. The monoisotopic (exact) mass is 400 g/mol. The number of ether oxygens (including phenoxy) is 1. The summed E-state index contributed by atoms with van der Waals surface area (Å²) >= 11 is 0. The summed E-state index contributed by atoms with van der Waals surface area (Å²) < 4.78 is 57.3. The number of rotatable bonds is 5. The number of nitro groups is 1. The molecule has 0 aliphatic carbocycles. The summed E-state index contributed by atoms with van der Waals surface area (Å²) in [6.07, 6.45) is -6.50. The summed E-state index contributed by atoms with van der Waals surface area (Å²) in [7, 11) is 0. The smallest absolute Gasteiger partial charge is 0.418 e. The van der Waals surface area contributed by atoms with E-state index in [1.165, 1.54) is 12.1 Å². The lowest BCUT2D eigenvalue weighted by atomic mass is 10.1. The Bertz CT molecular complexity index is 930. The Morgan fingerprint density at radius 1 is 1.18 bits per heavy atom. The van der Waals surface area contributed by atoms with E-state index in [4.69, 9.17) is 4.74 Å². The van der Waals surface area contributed by atoms with E-state index < -0.39 is 51.8 Å². The molecule has 0 heterocycles. The van der Waals surface area contributed by atoms with Gasteiger partial charge < -0.3 is 10.1 Å². The minimum atomic E-state index is -4.98. The largest absolute Gasteiger partial charge is 0.449 e. The van der Waals surface area contributed by atoms with Gasteiger partial charge in [0.05, 0.1) is 21.7 Å². The average molecular weight is 400 g/mol. The van der Waals surface area contributed by atoms with Crippen molar-refractivity contribution in [1.82, 2.24) is 0 Å². The van der Waals surface area contributed by atoms with Crippen LogP contribution in [-0.2, 0) is 15.7 Å². The molecular weight excluding hydrogens is 388 g/mol. The van der Waals surface area contributed by atoms with Crippen LogP contribution in [0.25, 0.3) is 0 Å². The van der Waals surface area contributed by atoms with Crippen LogP contribution in [-0.4, -0.2) is 22.9 Å². The molecule has 2 rings (SSSR count). The molecule has 0 aliphatic rings. The van der Waals surface area contributed by atoms with Crippen LogP contribution >= 0.6 is 0 Å². The molecule has 1 atom stereocenters. The van der Waals surface area contributed by atoms with E-state index >= 15 is 0 Å². The Labute approximate surface area is 155 Å². The van der Waals surface area contributed by atoms with E-state index in [9.17, 15) is 37.3 Å². The maximum atomic E-state index is 13.1. The van der Waals surface area contributed by atoms with Crippen molar-refractivity contribution in [3.05, 3.63) is 69.5 Å². The number of nitrogens with one attached hydrogen (secondary N) is 1. The maximum absolute atomic E-state index is 13.1. The number of amides is 1. The Balaban J connectivity index is 2.17. The zero-order chi connectivity index (χ0) is 21.1. The molecule has 0 bridgehead atoms. The molecule has 0 fully saturated rings. The molecule has 0 saturated heterocycles. The normalized spacial score (nSPS) is 12.2. The lowest BCUT2D eigenvalue weighted by molar-refractivity contribution is -0.385. The first-order chi connectivity index (χ1) is 13.0. The van der Waals surface area contributed by atoms with E-state index in [1.54, 1.807) is 0 Å². The lowest BCUT2D eigenvalue weighted by Gasteiger charge is -2.17. The van der Waals surface area contributed by atoms with Crippen LogP contribution in [0.15, 0.2) is 42.5 Å². The third kappa shape index (κ3) is 5.02. The number of alkyl halides is 3. The lowest BCUT2D eigenvalue weighted by Crippen LogP contribution is -2.30. The maximum Gasteiger partial charge on any atom is 0.418 e. The van der Waals surface area contributed by atoms with Crippen molar-refractivity contribution < 1.29 is 36.8 Å². The zero-order valence-corrected chi connectivity index (χ0v) is 14.1. The molecule has 0 radical (unpaired) electrons. The van der Waals surface area contributed by atoms with Gasteiger partial charge in [-0.05, 0) is 31.2 Å². The van der Waals surface area contributed by atoms with Crippen LogP contribution in [0.4, 0.5) is 28.9 Å². The van der Waals surface area contributed by atoms with Gasteiger partial charge in [-0.1, -0.05) is 6.07 Å². The average Bonchev–Trinajstić information content (AvgIpc) is 2.60. The fourth-order valence-corrected chi connectivity index (χ4v) is 2.12. The molecule has 0 unspecified atom stereocenters. The third-order valence-electron chi connectivity index (χ3n) is 3.49. The number of carbonyl (C=O) groups is 2. The van der Waals surface area contributed by atoms with Crippen LogP contribution in [0.5, 0.6) is 0 Å². The van der Waals surface area contributed by atoms with Gasteiger partial charge >= 0.3 is 12.1 Å². The van der Waals surface area contributed by atoms with Crippen molar-refractivity contribution in [2.75, 3.05) is 5.32 Å². The number of esters is 1. The van der Waals surface area contributed by atoms with Gasteiger partial charge in [-0.2, -0.15) is 13.2 Å². The van der Waals surface area contributed by atoms with Crippen molar-refractivity contribution in [2.45, 2.75) is 19.2 Å². The summed E-state index contributed by atoms with van der Waals surface area (Å²) in [5.74, 6) is -2.88. The Morgan fingerprint density at radius 2 is 1.86 bits per heavy atom. The molecule has 1 amide bonds. The van der Waals surface area contributed by atoms with Crippen LogP contribution in [0.2, 0.25) is 0 Å². The van der Waals surface area contributed by atoms with Gasteiger partial charge in [0.2, 0.25) is 0 Å². The number of anilines is 1. The summed E-state index contributed by atoms with van der Waals surface area (Å²) in [4.78, 5) is 33.6. The number of benzene rings is 2. The van der Waals surface area contributed by atoms with Crippen molar-refractivity contribution in [3.8, 4) is 0 Å². The first kappa shape index (κ1) is 20.8. The second-order valence-corrected chi connectivity index (χ2v) is 5.53. The highest BCUT2D eigenvalue weighted by molar-refractivity contribution is 5.97. The highest BCUT2D eigenvalue weighted by Gasteiger charge is 2.36. The van der Waals surface area contributed by atoms with Gasteiger partial charge in [-0.3, -0.25) is 14.9 Å². The number of nitro benzene ring substituents is 1.